The highest BCUT2D eigenvalue weighted by Gasteiger charge is 2.29. The van der Waals surface area contributed by atoms with E-state index in [9.17, 15) is 9.18 Å². The highest BCUT2D eigenvalue weighted by Crippen LogP contribution is 2.29. The maximum absolute atomic E-state index is 14.5. The van der Waals surface area contributed by atoms with Crippen LogP contribution in [-0.4, -0.2) is 56.5 Å². The van der Waals surface area contributed by atoms with Crippen molar-refractivity contribution in [3.8, 4) is 11.4 Å². The number of H-pyrrole nitrogens is 1. The van der Waals surface area contributed by atoms with E-state index >= 15 is 0 Å². The zero-order valence-electron chi connectivity index (χ0n) is 17.6. The smallest absolute Gasteiger partial charge is 0.317 e. The Morgan fingerprint density at radius 1 is 1.22 bits per heavy atom. The Hall–Kier alpha value is -2.94. The average molecular weight is 458 g/mol. The van der Waals surface area contributed by atoms with Gasteiger partial charge in [0.25, 0.3) is 0 Å². The van der Waals surface area contributed by atoms with Crippen molar-refractivity contribution in [2.45, 2.75) is 38.1 Å². The lowest BCUT2D eigenvalue weighted by atomic mass is 10.0. The Morgan fingerprint density at radius 2 is 2.09 bits per heavy atom. The maximum Gasteiger partial charge on any atom is 0.317 e. The summed E-state index contributed by atoms with van der Waals surface area (Å²) >= 11 is 6.08. The second kappa shape index (κ2) is 8.90. The number of likely N-dealkylation sites (tertiary alicyclic amines) is 1. The number of amides is 2. The first-order valence-corrected chi connectivity index (χ1v) is 11.4. The second-order valence-corrected chi connectivity index (χ2v) is 8.93. The molecular weight excluding hydrogens is 433 g/mol. The lowest BCUT2D eigenvalue weighted by Gasteiger charge is -2.36. The number of carbonyl (C=O) groups excluding carboxylic acids is 1. The van der Waals surface area contributed by atoms with E-state index in [0.717, 1.165) is 37.4 Å². The standard InChI is InChI=1S/C22H25ClFN7O/c23-14-7-16-17(11-27-19(16)25-9-14)20-28-12-18(24)21(30-20)26-10-15-3-1-2-6-31(15)22(32)29-8-13-4-5-13/h7,9,11-13,15H,1-6,8,10H2,(H,25,27)(H,29,32)(H,26,28,30)/t15-/m1/s1. The fraction of sp³-hybridized carbons (Fsp3) is 0.455. The number of nitrogens with one attached hydrogen (secondary N) is 3. The number of piperidine rings is 1. The van der Waals surface area contributed by atoms with Crippen LogP contribution in [0.5, 0.6) is 0 Å². The number of pyridine rings is 1. The SMILES string of the molecule is O=C(NCC1CC1)N1CCCC[C@@H]1CNc1nc(-c2c[nH]c3ncc(Cl)cc23)ncc1F. The van der Waals surface area contributed by atoms with Gasteiger partial charge in [0.05, 0.1) is 17.3 Å². The predicted molar refractivity (Wildman–Crippen MR) is 121 cm³/mol. The topological polar surface area (TPSA) is 98.8 Å². The fourth-order valence-electron chi connectivity index (χ4n) is 4.13. The molecule has 0 aromatic carbocycles. The van der Waals surface area contributed by atoms with Gasteiger partial charge in [-0.1, -0.05) is 11.6 Å². The van der Waals surface area contributed by atoms with Gasteiger partial charge < -0.3 is 20.5 Å². The number of fused-ring (bicyclic) bond motifs is 1. The van der Waals surface area contributed by atoms with Crippen LogP contribution in [0.3, 0.4) is 0 Å². The third-order valence-corrected chi connectivity index (χ3v) is 6.32. The van der Waals surface area contributed by atoms with Gasteiger partial charge in [-0.15, -0.1) is 0 Å². The van der Waals surface area contributed by atoms with Crippen LogP contribution in [0.2, 0.25) is 5.02 Å². The first kappa shape index (κ1) is 20.9. The molecule has 0 spiro atoms. The molecule has 10 heteroatoms. The Labute approximate surface area is 190 Å². The molecule has 32 heavy (non-hydrogen) atoms. The molecule has 4 heterocycles. The number of halogens is 2. The van der Waals surface area contributed by atoms with Crippen molar-refractivity contribution in [3.63, 3.8) is 0 Å². The molecule has 0 radical (unpaired) electrons. The first-order chi connectivity index (χ1) is 15.6. The molecule has 1 aliphatic heterocycles. The van der Waals surface area contributed by atoms with Crippen molar-refractivity contribution in [1.29, 1.82) is 0 Å². The monoisotopic (exact) mass is 457 g/mol. The van der Waals surface area contributed by atoms with E-state index < -0.39 is 5.82 Å². The molecule has 1 saturated heterocycles. The Bertz CT molecular complexity index is 1130. The van der Waals surface area contributed by atoms with Gasteiger partial charge >= 0.3 is 6.03 Å². The van der Waals surface area contributed by atoms with Gasteiger partial charge in [-0.25, -0.2) is 24.1 Å². The summed E-state index contributed by atoms with van der Waals surface area (Å²) in [6, 6.07) is 1.72. The normalized spacial score (nSPS) is 18.7. The van der Waals surface area contributed by atoms with Crippen molar-refractivity contribution >= 4 is 34.5 Å². The van der Waals surface area contributed by atoms with Crippen LogP contribution in [0.15, 0.2) is 24.7 Å². The van der Waals surface area contributed by atoms with Crippen LogP contribution in [0, 0.1) is 11.7 Å². The Kier molecular flexibility index (Phi) is 5.82. The number of urea groups is 1. The van der Waals surface area contributed by atoms with Crippen LogP contribution in [-0.2, 0) is 0 Å². The molecule has 3 N–H and O–H groups in total. The first-order valence-electron chi connectivity index (χ1n) is 11.0. The molecule has 3 aromatic rings. The average Bonchev–Trinajstić information content (AvgIpc) is 3.55. The number of aromatic amines is 1. The number of hydrogen-bond acceptors (Lipinski definition) is 5. The van der Waals surface area contributed by atoms with Gasteiger partial charge in [-0.05, 0) is 44.1 Å². The van der Waals surface area contributed by atoms with E-state index in [-0.39, 0.29) is 17.9 Å². The molecule has 8 nitrogen and oxygen atoms in total. The van der Waals surface area contributed by atoms with Crippen LogP contribution in [0.4, 0.5) is 15.0 Å². The fourth-order valence-corrected chi connectivity index (χ4v) is 4.29. The van der Waals surface area contributed by atoms with Crippen molar-refractivity contribution in [1.82, 2.24) is 30.2 Å². The predicted octanol–water partition coefficient (Wildman–Crippen LogP) is 4.20. The number of nitrogens with zero attached hydrogens (tertiary/aromatic N) is 4. The van der Waals surface area contributed by atoms with Crippen LogP contribution >= 0.6 is 11.6 Å². The summed E-state index contributed by atoms with van der Waals surface area (Å²) in [5, 5.41) is 7.41. The van der Waals surface area contributed by atoms with Crippen LogP contribution in [0.1, 0.15) is 32.1 Å². The molecule has 2 fully saturated rings. The van der Waals surface area contributed by atoms with Crippen molar-refractivity contribution in [2.75, 3.05) is 25.0 Å². The molecule has 1 saturated carbocycles. The molecule has 5 rings (SSSR count). The minimum atomic E-state index is -0.537. The van der Waals surface area contributed by atoms with Gasteiger partial charge in [0.15, 0.2) is 17.5 Å². The number of carbonyl (C=O) groups is 1. The quantitative estimate of drug-likeness (QED) is 0.515. The molecule has 1 atom stereocenters. The number of aromatic nitrogens is 4. The zero-order valence-corrected chi connectivity index (χ0v) is 18.3. The summed E-state index contributed by atoms with van der Waals surface area (Å²) in [6.45, 7) is 1.87. The summed E-state index contributed by atoms with van der Waals surface area (Å²) in [4.78, 5) is 30.4. The van der Waals surface area contributed by atoms with Gasteiger partial charge in [0.2, 0.25) is 0 Å². The molecule has 2 amide bonds. The third-order valence-electron chi connectivity index (χ3n) is 6.11. The highest BCUT2D eigenvalue weighted by atomic mass is 35.5. The van der Waals surface area contributed by atoms with Crippen LogP contribution in [0.25, 0.3) is 22.4 Å². The van der Waals surface area contributed by atoms with Gasteiger partial charge in [0.1, 0.15) is 5.65 Å². The largest absolute Gasteiger partial charge is 0.365 e. The maximum atomic E-state index is 14.5. The highest BCUT2D eigenvalue weighted by molar-refractivity contribution is 6.31. The van der Waals surface area contributed by atoms with E-state index in [2.05, 4.69) is 30.6 Å². The van der Waals surface area contributed by atoms with E-state index in [4.69, 9.17) is 11.6 Å². The van der Waals surface area contributed by atoms with Crippen molar-refractivity contribution in [3.05, 3.63) is 35.5 Å². The summed E-state index contributed by atoms with van der Waals surface area (Å²) in [7, 11) is 0. The zero-order chi connectivity index (χ0) is 22.1. The van der Waals surface area contributed by atoms with Crippen molar-refractivity contribution < 1.29 is 9.18 Å². The summed E-state index contributed by atoms with van der Waals surface area (Å²) in [5.74, 6) is 0.573. The molecular formula is C22H25ClFN7O. The number of anilines is 1. The molecule has 0 unspecified atom stereocenters. The van der Waals surface area contributed by atoms with E-state index in [0.29, 0.717) is 41.1 Å². The van der Waals surface area contributed by atoms with E-state index in [1.165, 1.54) is 12.8 Å². The van der Waals surface area contributed by atoms with E-state index in [1.54, 1.807) is 18.5 Å². The molecule has 168 valence electrons. The minimum Gasteiger partial charge on any atom is -0.365 e. The summed E-state index contributed by atoms with van der Waals surface area (Å²) < 4.78 is 14.5. The number of hydrogen-bond donors (Lipinski definition) is 3. The Balaban J connectivity index is 1.31. The second-order valence-electron chi connectivity index (χ2n) is 8.50. The van der Waals surface area contributed by atoms with Gasteiger partial charge in [0, 0.05) is 43.0 Å². The molecule has 0 bridgehead atoms. The van der Waals surface area contributed by atoms with Crippen LogP contribution < -0.4 is 10.6 Å². The molecule has 3 aromatic heterocycles. The third kappa shape index (κ3) is 4.48. The Morgan fingerprint density at radius 3 is 2.94 bits per heavy atom. The minimum absolute atomic E-state index is 0.0168. The lowest BCUT2D eigenvalue weighted by molar-refractivity contribution is 0.155. The molecule has 1 aliphatic carbocycles. The van der Waals surface area contributed by atoms with E-state index in [1.807, 2.05) is 4.90 Å². The lowest BCUT2D eigenvalue weighted by Crippen LogP contribution is -2.51. The van der Waals surface area contributed by atoms with Crippen molar-refractivity contribution in [2.24, 2.45) is 5.92 Å². The summed E-state index contributed by atoms with van der Waals surface area (Å²) in [6.07, 6.45) is 9.73. The van der Waals surface area contributed by atoms with Gasteiger partial charge in [-0.3, -0.25) is 0 Å². The van der Waals surface area contributed by atoms with Gasteiger partial charge in [-0.2, -0.15) is 0 Å². The number of rotatable bonds is 6. The molecule has 2 aliphatic rings. The summed E-state index contributed by atoms with van der Waals surface area (Å²) in [5.41, 5.74) is 1.35.